The number of ether oxygens (including phenoxy) is 3. The summed E-state index contributed by atoms with van der Waals surface area (Å²) >= 11 is 0. The van der Waals surface area contributed by atoms with Gasteiger partial charge in [0.2, 0.25) is 0 Å². The van der Waals surface area contributed by atoms with Crippen LogP contribution < -0.4 is 0 Å². The summed E-state index contributed by atoms with van der Waals surface area (Å²) in [5.41, 5.74) is 0. The third-order valence-corrected chi connectivity index (χ3v) is 14.6. The number of allylic oxidation sites excluding steroid dienone is 6. The molecule has 0 fully saturated rings. The van der Waals surface area contributed by atoms with E-state index in [0.29, 0.717) is 19.3 Å². The Kier molecular flexibility index (Phi) is 60.2. The summed E-state index contributed by atoms with van der Waals surface area (Å²) < 4.78 is 16.9. The second-order valence-corrected chi connectivity index (χ2v) is 22.0. The predicted octanol–water partition coefficient (Wildman–Crippen LogP) is 22.0. The van der Waals surface area contributed by atoms with Gasteiger partial charge in [0.25, 0.3) is 0 Å². The first-order valence-corrected chi connectivity index (χ1v) is 32.5. The van der Waals surface area contributed by atoms with E-state index in [-0.39, 0.29) is 31.1 Å². The van der Waals surface area contributed by atoms with Gasteiger partial charge in [-0.25, -0.2) is 0 Å². The van der Waals surface area contributed by atoms with Gasteiger partial charge < -0.3 is 14.2 Å². The number of unbranched alkanes of at least 4 members (excludes halogenated alkanes) is 43. The Morgan fingerprint density at radius 2 is 0.493 bits per heavy atom. The van der Waals surface area contributed by atoms with Crippen LogP contribution in [-0.2, 0) is 28.6 Å². The molecule has 0 bridgehead atoms. The first kappa shape index (κ1) is 70.6. The Labute approximate surface area is 455 Å². The van der Waals surface area contributed by atoms with Gasteiger partial charge in [-0.15, -0.1) is 0 Å². The lowest BCUT2D eigenvalue weighted by atomic mass is 10.0. The van der Waals surface area contributed by atoms with Crippen LogP contribution in [0.25, 0.3) is 0 Å². The van der Waals surface area contributed by atoms with Crippen LogP contribution in [0.1, 0.15) is 355 Å². The van der Waals surface area contributed by atoms with E-state index < -0.39 is 6.10 Å². The molecular weight excluding hydrogens is 901 g/mol. The Morgan fingerprint density at radius 1 is 0.274 bits per heavy atom. The molecule has 0 spiro atoms. The Morgan fingerprint density at radius 3 is 0.795 bits per heavy atom. The van der Waals surface area contributed by atoms with Gasteiger partial charge in [0.1, 0.15) is 13.2 Å². The summed E-state index contributed by atoms with van der Waals surface area (Å²) in [5.74, 6) is -0.865. The molecular formula is C67H124O6. The number of carbonyl (C=O) groups is 3. The molecule has 1 atom stereocenters. The van der Waals surface area contributed by atoms with Crippen molar-refractivity contribution in [3.8, 4) is 0 Å². The number of hydrogen-bond donors (Lipinski definition) is 0. The van der Waals surface area contributed by atoms with E-state index in [9.17, 15) is 14.4 Å². The average Bonchev–Trinajstić information content (AvgIpc) is 3.39. The zero-order valence-electron chi connectivity index (χ0n) is 49.2. The molecule has 1 unspecified atom stereocenters. The fourth-order valence-electron chi connectivity index (χ4n) is 9.71. The molecule has 6 heteroatoms. The highest BCUT2D eigenvalue weighted by atomic mass is 16.6. The second-order valence-electron chi connectivity index (χ2n) is 22.0. The van der Waals surface area contributed by atoms with Crippen LogP contribution in [0.2, 0.25) is 0 Å². The molecule has 0 N–H and O–H groups in total. The fraction of sp³-hybridized carbons (Fsp3) is 0.866. The molecule has 0 aliphatic rings. The maximum Gasteiger partial charge on any atom is 0.306 e. The minimum absolute atomic E-state index is 0.0736. The van der Waals surface area contributed by atoms with Gasteiger partial charge in [-0.2, -0.15) is 0 Å². The normalized spacial score (nSPS) is 12.2. The van der Waals surface area contributed by atoms with E-state index in [4.69, 9.17) is 14.2 Å². The zero-order valence-corrected chi connectivity index (χ0v) is 49.2. The van der Waals surface area contributed by atoms with Crippen LogP contribution in [-0.4, -0.2) is 37.2 Å². The molecule has 0 saturated heterocycles. The predicted molar refractivity (Wildman–Crippen MR) is 316 cm³/mol. The van der Waals surface area contributed by atoms with Gasteiger partial charge in [0.15, 0.2) is 6.10 Å². The number of carbonyl (C=O) groups excluding carboxylic acids is 3. The molecule has 73 heavy (non-hydrogen) atoms. The molecule has 0 aliphatic carbocycles. The van der Waals surface area contributed by atoms with Crippen molar-refractivity contribution in [3.05, 3.63) is 36.5 Å². The van der Waals surface area contributed by atoms with Crippen molar-refractivity contribution in [1.82, 2.24) is 0 Å². The maximum absolute atomic E-state index is 12.9. The number of hydrogen-bond acceptors (Lipinski definition) is 6. The molecule has 0 aromatic carbocycles. The standard InChI is InChI=1S/C67H124O6/c1-4-7-10-13-16-19-22-25-28-30-32-33-35-36-39-42-45-48-51-54-57-60-66(69)72-63-64(62-71-65(68)59-56-53-50-47-44-41-38-27-24-21-18-15-12-9-6-3)73-67(70)61-58-55-52-49-46-43-40-37-34-31-29-26-23-20-17-14-11-8-5-2/h18,21,27,30,32,38,64H,4-17,19-20,22-26,28-29,31,33-37,39-63H2,1-3H3/b21-18-,32-30-,38-27-. The molecule has 6 nitrogen and oxygen atoms in total. The van der Waals surface area contributed by atoms with E-state index >= 15 is 0 Å². The van der Waals surface area contributed by atoms with E-state index in [0.717, 1.165) is 77.0 Å². The second kappa shape index (κ2) is 62.2. The van der Waals surface area contributed by atoms with Crippen LogP contribution in [0.3, 0.4) is 0 Å². The fourth-order valence-corrected chi connectivity index (χ4v) is 9.71. The van der Waals surface area contributed by atoms with Crippen molar-refractivity contribution in [2.24, 2.45) is 0 Å². The van der Waals surface area contributed by atoms with Crippen molar-refractivity contribution >= 4 is 17.9 Å². The molecule has 0 aromatic rings. The summed E-state index contributed by atoms with van der Waals surface area (Å²) in [4.78, 5) is 38.3. The lowest BCUT2D eigenvalue weighted by molar-refractivity contribution is -0.167. The molecule has 0 rings (SSSR count). The molecule has 428 valence electrons. The van der Waals surface area contributed by atoms with Crippen LogP contribution >= 0.6 is 0 Å². The largest absolute Gasteiger partial charge is 0.462 e. The quantitative estimate of drug-likeness (QED) is 0.0261. The van der Waals surface area contributed by atoms with Gasteiger partial charge in [-0.1, -0.05) is 295 Å². The van der Waals surface area contributed by atoms with E-state index in [2.05, 4.69) is 57.2 Å². The molecule has 0 amide bonds. The highest BCUT2D eigenvalue weighted by Crippen LogP contribution is 2.17. The summed E-state index contributed by atoms with van der Waals surface area (Å²) in [7, 11) is 0. The molecule has 0 saturated carbocycles. The minimum Gasteiger partial charge on any atom is -0.462 e. The number of esters is 3. The molecule has 0 heterocycles. The average molecular weight is 1030 g/mol. The number of rotatable bonds is 60. The van der Waals surface area contributed by atoms with Gasteiger partial charge in [-0.05, 0) is 77.0 Å². The van der Waals surface area contributed by atoms with Crippen LogP contribution in [0.4, 0.5) is 0 Å². The van der Waals surface area contributed by atoms with Crippen molar-refractivity contribution < 1.29 is 28.6 Å². The maximum atomic E-state index is 12.9. The van der Waals surface area contributed by atoms with Crippen molar-refractivity contribution in [3.63, 3.8) is 0 Å². The summed E-state index contributed by atoms with van der Waals surface area (Å²) in [6, 6.07) is 0. The van der Waals surface area contributed by atoms with E-state index in [1.807, 2.05) is 0 Å². The summed E-state index contributed by atoms with van der Waals surface area (Å²) in [6.45, 7) is 6.66. The molecule has 0 aliphatic heterocycles. The monoisotopic (exact) mass is 1020 g/mol. The van der Waals surface area contributed by atoms with Gasteiger partial charge in [-0.3, -0.25) is 14.4 Å². The topological polar surface area (TPSA) is 78.9 Å². The first-order chi connectivity index (χ1) is 36.0. The summed E-state index contributed by atoms with van der Waals surface area (Å²) in [5, 5.41) is 0. The van der Waals surface area contributed by atoms with Gasteiger partial charge >= 0.3 is 17.9 Å². The Hall–Kier alpha value is -2.37. The third-order valence-electron chi connectivity index (χ3n) is 14.6. The first-order valence-electron chi connectivity index (χ1n) is 32.5. The van der Waals surface area contributed by atoms with Crippen molar-refractivity contribution in [2.45, 2.75) is 361 Å². The summed E-state index contributed by atoms with van der Waals surface area (Å²) in [6.07, 6.45) is 75.8. The van der Waals surface area contributed by atoms with Crippen LogP contribution in [0.15, 0.2) is 36.5 Å². The zero-order chi connectivity index (χ0) is 52.9. The van der Waals surface area contributed by atoms with E-state index in [1.54, 1.807) is 0 Å². The Bertz CT molecular complexity index is 1220. The SMILES string of the molecule is CCCCC/C=C\C/C=C\CCCCCCCC(=O)OCC(COC(=O)CCCCCCCCCCC/C=C\CCCCCCCCCC)OC(=O)CCCCCCCCCCCCCCCCCCCCC. The van der Waals surface area contributed by atoms with Crippen molar-refractivity contribution in [2.75, 3.05) is 13.2 Å². The Balaban J connectivity index is 4.32. The molecule has 0 radical (unpaired) electrons. The van der Waals surface area contributed by atoms with Gasteiger partial charge in [0, 0.05) is 19.3 Å². The smallest absolute Gasteiger partial charge is 0.306 e. The minimum atomic E-state index is -0.777. The molecule has 0 aromatic heterocycles. The lowest BCUT2D eigenvalue weighted by Gasteiger charge is -2.18. The third kappa shape index (κ3) is 60.4. The lowest BCUT2D eigenvalue weighted by Crippen LogP contribution is -2.30. The highest BCUT2D eigenvalue weighted by Gasteiger charge is 2.19. The van der Waals surface area contributed by atoms with Gasteiger partial charge in [0.05, 0.1) is 0 Å². The van der Waals surface area contributed by atoms with Crippen molar-refractivity contribution in [1.29, 1.82) is 0 Å². The highest BCUT2D eigenvalue weighted by molar-refractivity contribution is 5.71. The van der Waals surface area contributed by atoms with Crippen LogP contribution in [0, 0.1) is 0 Å². The van der Waals surface area contributed by atoms with E-state index in [1.165, 1.54) is 238 Å². The van der Waals surface area contributed by atoms with Crippen LogP contribution in [0.5, 0.6) is 0 Å².